The van der Waals surface area contributed by atoms with Crippen molar-refractivity contribution in [2.24, 2.45) is 0 Å². The topological polar surface area (TPSA) is 80.4 Å². The van der Waals surface area contributed by atoms with Crippen LogP contribution >= 0.6 is 11.6 Å². The minimum Gasteiger partial charge on any atom is -0.324 e. The van der Waals surface area contributed by atoms with Crippen LogP contribution in [0.3, 0.4) is 0 Å². The zero-order chi connectivity index (χ0) is 24.5. The molecule has 0 fully saturated rings. The van der Waals surface area contributed by atoms with Crippen LogP contribution in [0, 0.1) is 5.82 Å². The number of aromatic nitrogens is 5. The fourth-order valence-corrected chi connectivity index (χ4v) is 4.94. The van der Waals surface area contributed by atoms with E-state index in [1.807, 2.05) is 6.07 Å². The van der Waals surface area contributed by atoms with Crippen molar-refractivity contribution < 1.29 is 4.39 Å². The maximum Gasteiger partial charge on any atom is 0.270 e. The van der Waals surface area contributed by atoms with Crippen LogP contribution < -0.4 is 10.9 Å². The van der Waals surface area contributed by atoms with E-state index in [0.29, 0.717) is 11.6 Å². The van der Waals surface area contributed by atoms with Crippen molar-refractivity contribution in [1.82, 2.24) is 28.8 Å². The van der Waals surface area contributed by atoms with Gasteiger partial charge in [-0.2, -0.15) is 4.98 Å². The summed E-state index contributed by atoms with van der Waals surface area (Å²) in [5.74, 6) is -0.102. The van der Waals surface area contributed by atoms with Crippen molar-refractivity contribution >= 4 is 40.0 Å². The third-order valence-electron chi connectivity index (χ3n) is 6.80. The Morgan fingerprint density at radius 1 is 1.17 bits per heavy atom. The first-order valence-electron chi connectivity index (χ1n) is 11.1. The van der Waals surface area contributed by atoms with Gasteiger partial charge in [0.1, 0.15) is 16.9 Å². The molecule has 0 amide bonds. The highest BCUT2D eigenvalue weighted by molar-refractivity contribution is 6.32. The number of hydrogen-bond donors (Lipinski definition) is 1. The Morgan fingerprint density at radius 2 is 2.00 bits per heavy atom. The summed E-state index contributed by atoms with van der Waals surface area (Å²) in [6, 6.07) is 10.5. The third kappa shape index (κ3) is 3.23. The minimum absolute atomic E-state index is 0.0264. The van der Waals surface area contributed by atoms with Gasteiger partial charge in [0.05, 0.1) is 5.02 Å². The van der Waals surface area contributed by atoms with Gasteiger partial charge in [0.2, 0.25) is 11.7 Å². The standard InChI is InChI=1S/C25H21ClFN7O/c1-25(2)17-8-7-15(11-14(17)13-32(25)3)30-23-29-12-16-21(31-23)33-10-9-28-24(33)34(22(16)35)20-18(26)5-4-6-19(20)27/h4-12H,13H2,1-3H3,(H,29,30,31). The first-order chi connectivity index (χ1) is 16.8. The molecule has 5 aromatic rings. The van der Waals surface area contributed by atoms with Gasteiger partial charge in [-0.15, -0.1) is 0 Å². The van der Waals surface area contributed by atoms with Crippen LogP contribution in [0.15, 0.2) is 59.8 Å². The van der Waals surface area contributed by atoms with Gasteiger partial charge in [-0.3, -0.25) is 14.1 Å². The third-order valence-corrected chi connectivity index (χ3v) is 7.10. The second kappa shape index (κ2) is 7.59. The van der Waals surface area contributed by atoms with E-state index in [0.717, 1.165) is 16.8 Å². The first-order valence-corrected chi connectivity index (χ1v) is 11.4. The smallest absolute Gasteiger partial charge is 0.270 e. The van der Waals surface area contributed by atoms with Crippen LogP contribution in [-0.2, 0) is 12.1 Å². The van der Waals surface area contributed by atoms with Crippen LogP contribution in [0.2, 0.25) is 5.02 Å². The molecule has 0 radical (unpaired) electrons. The van der Waals surface area contributed by atoms with Gasteiger partial charge < -0.3 is 5.32 Å². The SMILES string of the molecule is CN1Cc2cc(Nc3ncc4c(=O)n(-c5c(F)cccc5Cl)c5nccn5c4n3)ccc2C1(C)C. The van der Waals surface area contributed by atoms with Gasteiger partial charge in [-0.25, -0.2) is 18.9 Å². The molecule has 0 saturated heterocycles. The number of nitrogens with one attached hydrogen (secondary N) is 1. The summed E-state index contributed by atoms with van der Waals surface area (Å²) in [7, 11) is 2.11. The Bertz CT molecular complexity index is 1690. The number of halogens is 2. The van der Waals surface area contributed by atoms with Crippen molar-refractivity contribution in [2.45, 2.75) is 25.9 Å². The van der Waals surface area contributed by atoms with Crippen LogP contribution in [0.4, 0.5) is 16.0 Å². The molecule has 0 spiro atoms. The summed E-state index contributed by atoms with van der Waals surface area (Å²) in [4.78, 5) is 29.0. The molecule has 1 aliphatic heterocycles. The Labute approximate surface area is 204 Å². The van der Waals surface area contributed by atoms with Crippen LogP contribution in [0.25, 0.3) is 22.5 Å². The van der Waals surface area contributed by atoms with Gasteiger partial charge in [0.15, 0.2) is 5.65 Å². The molecule has 10 heteroatoms. The van der Waals surface area contributed by atoms with Crippen molar-refractivity contribution in [2.75, 3.05) is 12.4 Å². The van der Waals surface area contributed by atoms with Gasteiger partial charge in [-0.05, 0) is 56.3 Å². The molecule has 8 nitrogen and oxygen atoms in total. The van der Waals surface area contributed by atoms with Crippen molar-refractivity contribution in [3.05, 3.63) is 87.3 Å². The molecule has 2 aromatic carbocycles. The lowest BCUT2D eigenvalue weighted by Gasteiger charge is -2.28. The zero-order valence-corrected chi connectivity index (χ0v) is 20.0. The van der Waals surface area contributed by atoms with Gasteiger partial charge >= 0.3 is 0 Å². The van der Waals surface area contributed by atoms with E-state index in [1.54, 1.807) is 10.6 Å². The molecule has 4 heterocycles. The van der Waals surface area contributed by atoms with Crippen molar-refractivity contribution in [3.8, 4) is 5.69 Å². The van der Waals surface area contributed by atoms with E-state index in [4.69, 9.17) is 11.6 Å². The highest BCUT2D eigenvalue weighted by Gasteiger charge is 2.34. The molecule has 35 heavy (non-hydrogen) atoms. The Hall–Kier alpha value is -3.82. The molecule has 0 atom stereocenters. The minimum atomic E-state index is -0.631. The van der Waals surface area contributed by atoms with E-state index >= 15 is 0 Å². The summed E-state index contributed by atoms with van der Waals surface area (Å²) < 4.78 is 17.5. The van der Waals surface area contributed by atoms with E-state index in [9.17, 15) is 9.18 Å². The Morgan fingerprint density at radius 3 is 2.80 bits per heavy atom. The van der Waals surface area contributed by atoms with Gasteiger partial charge in [0, 0.05) is 36.4 Å². The molecular formula is C25H21ClFN7O. The second-order valence-corrected chi connectivity index (χ2v) is 9.56. The predicted octanol–water partition coefficient (Wildman–Crippen LogP) is 4.65. The maximum atomic E-state index is 14.7. The molecule has 0 unspecified atom stereocenters. The first kappa shape index (κ1) is 21.7. The molecule has 0 bridgehead atoms. The zero-order valence-electron chi connectivity index (χ0n) is 19.3. The van der Waals surface area contributed by atoms with Crippen molar-refractivity contribution in [1.29, 1.82) is 0 Å². The summed E-state index contributed by atoms with van der Waals surface area (Å²) in [5, 5.41) is 3.55. The number of imidazole rings is 1. The Kier molecular flexibility index (Phi) is 4.71. The largest absolute Gasteiger partial charge is 0.324 e. The summed E-state index contributed by atoms with van der Waals surface area (Å²) in [6.45, 7) is 5.26. The number of fused-ring (bicyclic) bond motifs is 4. The van der Waals surface area contributed by atoms with Gasteiger partial charge in [-0.1, -0.05) is 23.7 Å². The summed E-state index contributed by atoms with van der Waals surface area (Å²) >= 11 is 6.26. The lowest BCUT2D eigenvalue weighted by molar-refractivity contribution is 0.178. The van der Waals surface area contributed by atoms with Crippen molar-refractivity contribution in [3.63, 3.8) is 0 Å². The second-order valence-electron chi connectivity index (χ2n) is 9.15. The molecule has 0 aliphatic carbocycles. The number of benzene rings is 2. The molecule has 1 aliphatic rings. The average molecular weight is 490 g/mol. The van der Waals surface area contributed by atoms with Crippen LogP contribution in [0.1, 0.15) is 25.0 Å². The van der Waals surface area contributed by atoms with Crippen LogP contribution in [0.5, 0.6) is 0 Å². The monoisotopic (exact) mass is 489 g/mol. The maximum absolute atomic E-state index is 14.7. The number of anilines is 2. The lowest BCUT2D eigenvalue weighted by Crippen LogP contribution is -2.31. The predicted molar refractivity (Wildman–Crippen MR) is 133 cm³/mol. The highest BCUT2D eigenvalue weighted by atomic mass is 35.5. The number of nitrogens with zero attached hydrogens (tertiary/aromatic N) is 6. The van der Waals surface area contributed by atoms with E-state index in [1.165, 1.54) is 41.7 Å². The lowest BCUT2D eigenvalue weighted by atomic mass is 9.94. The summed E-state index contributed by atoms with van der Waals surface area (Å²) in [6.07, 6.45) is 4.61. The number of rotatable bonds is 3. The fraction of sp³-hybridized carbons (Fsp3) is 0.200. The molecule has 176 valence electrons. The summed E-state index contributed by atoms with van der Waals surface area (Å²) in [5.41, 5.74) is 3.13. The normalized spacial score (nSPS) is 15.1. The number of para-hydroxylation sites is 1. The molecule has 3 aromatic heterocycles. The fourth-order valence-electron chi connectivity index (χ4n) is 4.70. The molecule has 6 rings (SSSR count). The average Bonchev–Trinajstić information content (AvgIpc) is 3.38. The quantitative estimate of drug-likeness (QED) is 0.397. The van der Waals surface area contributed by atoms with Gasteiger partial charge in [0.25, 0.3) is 5.56 Å². The molecular weight excluding hydrogens is 469 g/mol. The Balaban J connectivity index is 1.47. The number of hydrogen-bond acceptors (Lipinski definition) is 6. The van der Waals surface area contributed by atoms with E-state index in [-0.39, 0.29) is 27.4 Å². The molecule has 1 N–H and O–H groups in total. The van der Waals surface area contributed by atoms with Crippen LogP contribution in [-0.4, -0.2) is 35.9 Å². The van der Waals surface area contributed by atoms with E-state index < -0.39 is 11.4 Å². The van der Waals surface area contributed by atoms with E-state index in [2.05, 4.69) is 58.2 Å². The highest BCUT2D eigenvalue weighted by Crippen LogP contribution is 2.38. The molecule has 0 saturated carbocycles.